The van der Waals surface area contributed by atoms with E-state index in [4.69, 9.17) is 0 Å². The zero-order chi connectivity index (χ0) is 20.4. The molecule has 1 N–H and O–H groups in total. The van der Waals surface area contributed by atoms with Crippen molar-refractivity contribution in [3.8, 4) is 0 Å². The van der Waals surface area contributed by atoms with Crippen molar-refractivity contribution in [2.75, 3.05) is 5.32 Å². The highest BCUT2D eigenvalue weighted by atomic mass is 19.1. The highest BCUT2D eigenvalue weighted by Crippen LogP contribution is 2.16. The van der Waals surface area contributed by atoms with Crippen molar-refractivity contribution < 1.29 is 9.18 Å². The van der Waals surface area contributed by atoms with Crippen LogP contribution in [0.2, 0.25) is 0 Å². The van der Waals surface area contributed by atoms with Gasteiger partial charge in [0.15, 0.2) is 5.69 Å². The van der Waals surface area contributed by atoms with E-state index in [9.17, 15) is 14.0 Å². The number of halogens is 1. The molecule has 5 nitrogen and oxygen atoms in total. The molecule has 4 aromatic rings. The van der Waals surface area contributed by atoms with Crippen LogP contribution in [0.3, 0.4) is 0 Å². The fourth-order valence-electron chi connectivity index (χ4n) is 3.12. The van der Waals surface area contributed by atoms with Gasteiger partial charge in [0.25, 0.3) is 11.5 Å². The molecule has 1 amide bonds. The van der Waals surface area contributed by atoms with E-state index >= 15 is 0 Å². The van der Waals surface area contributed by atoms with Crippen molar-refractivity contribution in [1.29, 1.82) is 0 Å². The van der Waals surface area contributed by atoms with Crippen LogP contribution in [0.15, 0.2) is 77.6 Å². The third-order valence-corrected chi connectivity index (χ3v) is 4.68. The molecule has 0 aliphatic carbocycles. The summed E-state index contributed by atoms with van der Waals surface area (Å²) in [6, 6.07) is 21.0. The molecule has 0 spiro atoms. The van der Waals surface area contributed by atoms with Crippen molar-refractivity contribution in [3.63, 3.8) is 0 Å². The molecule has 144 valence electrons. The first-order valence-corrected chi connectivity index (χ1v) is 9.14. The molecule has 0 aliphatic rings. The summed E-state index contributed by atoms with van der Waals surface area (Å²) in [6.45, 7) is 1.94. The van der Waals surface area contributed by atoms with E-state index in [0.717, 1.165) is 5.56 Å². The summed E-state index contributed by atoms with van der Waals surface area (Å²) in [4.78, 5) is 30.1. The predicted octanol–water partition coefficient (Wildman–Crippen LogP) is 4.14. The third-order valence-electron chi connectivity index (χ3n) is 4.68. The molecular weight excluding hydrogens is 369 g/mol. The van der Waals surface area contributed by atoms with Crippen molar-refractivity contribution >= 4 is 22.6 Å². The molecule has 0 unspecified atom stereocenters. The van der Waals surface area contributed by atoms with Gasteiger partial charge in [0.1, 0.15) is 5.82 Å². The Morgan fingerprint density at radius 2 is 1.76 bits per heavy atom. The van der Waals surface area contributed by atoms with Crippen LogP contribution in [0.25, 0.3) is 11.0 Å². The van der Waals surface area contributed by atoms with Crippen LogP contribution in [0, 0.1) is 12.7 Å². The molecule has 0 radical (unpaired) electrons. The Hall–Kier alpha value is -3.80. The zero-order valence-electron chi connectivity index (χ0n) is 15.7. The van der Waals surface area contributed by atoms with Gasteiger partial charge in [-0.25, -0.2) is 9.37 Å². The van der Waals surface area contributed by atoms with E-state index < -0.39 is 17.3 Å². The Bertz CT molecular complexity index is 1270. The van der Waals surface area contributed by atoms with Crippen molar-refractivity contribution in [1.82, 2.24) is 9.55 Å². The number of hydrogen-bond donors (Lipinski definition) is 1. The Balaban J connectivity index is 1.78. The van der Waals surface area contributed by atoms with Crippen LogP contribution >= 0.6 is 0 Å². The number of benzene rings is 3. The standard InChI is InChI=1S/C23H18FN3O2/c1-15-11-12-17(13-18(15)24)25-22(28)21-23(29)27(14-16-7-3-2-4-8-16)20-10-6-5-9-19(20)26-21/h2-13H,14H2,1H3,(H,25,28). The van der Waals surface area contributed by atoms with Crippen molar-refractivity contribution in [2.45, 2.75) is 13.5 Å². The minimum Gasteiger partial charge on any atom is -0.320 e. The van der Waals surface area contributed by atoms with Crippen LogP contribution in [-0.4, -0.2) is 15.5 Å². The number of hydrogen-bond acceptors (Lipinski definition) is 3. The highest BCUT2D eigenvalue weighted by molar-refractivity contribution is 6.03. The molecule has 1 aromatic heterocycles. The second kappa shape index (κ2) is 7.67. The number of nitrogens with one attached hydrogen (secondary N) is 1. The molecule has 1 heterocycles. The van der Waals surface area contributed by atoms with Crippen molar-refractivity contribution in [2.24, 2.45) is 0 Å². The van der Waals surface area contributed by atoms with Gasteiger partial charge >= 0.3 is 0 Å². The molecule has 0 saturated heterocycles. The number of carbonyl (C=O) groups is 1. The average Bonchev–Trinajstić information content (AvgIpc) is 2.73. The number of fused-ring (bicyclic) bond motifs is 1. The average molecular weight is 387 g/mol. The van der Waals surface area contributed by atoms with Gasteiger partial charge < -0.3 is 9.88 Å². The molecule has 0 fully saturated rings. The number of aromatic nitrogens is 2. The maximum absolute atomic E-state index is 13.8. The van der Waals surface area contributed by atoms with Crippen LogP contribution in [-0.2, 0) is 6.54 Å². The minimum absolute atomic E-state index is 0.236. The number of amides is 1. The Labute approximate surface area is 166 Å². The lowest BCUT2D eigenvalue weighted by molar-refractivity contribution is 0.102. The fourth-order valence-corrected chi connectivity index (χ4v) is 3.12. The molecule has 29 heavy (non-hydrogen) atoms. The molecule has 0 atom stereocenters. The summed E-state index contributed by atoms with van der Waals surface area (Å²) in [7, 11) is 0. The smallest absolute Gasteiger partial charge is 0.283 e. The Morgan fingerprint density at radius 1 is 1.03 bits per heavy atom. The van der Waals surface area contributed by atoms with E-state index in [0.29, 0.717) is 23.1 Å². The van der Waals surface area contributed by atoms with Gasteiger partial charge in [0, 0.05) is 5.69 Å². The number of para-hydroxylation sites is 2. The number of rotatable bonds is 4. The Kier molecular flexibility index (Phi) is 4.91. The SMILES string of the molecule is Cc1ccc(NC(=O)c2nc3ccccc3n(Cc3ccccc3)c2=O)cc1F. The van der Waals surface area contributed by atoms with E-state index in [-0.39, 0.29) is 11.4 Å². The maximum Gasteiger partial charge on any atom is 0.283 e. The van der Waals surface area contributed by atoms with E-state index in [1.807, 2.05) is 36.4 Å². The topological polar surface area (TPSA) is 64.0 Å². The monoisotopic (exact) mass is 387 g/mol. The molecule has 0 aliphatic heterocycles. The molecule has 3 aromatic carbocycles. The lowest BCUT2D eigenvalue weighted by atomic mass is 10.2. The lowest BCUT2D eigenvalue weighted by Gasteiger charge is -2.13. The summed E-state index contributed by atoms with van der Waals surface area (Å²) in [5.74, 6) is -1.11. The molecule has 4 rings (SSSR count). The second-order valence-electron chi connectivity index (χ2n) is 6.74. The number of carbonyl (C=O) groups excluding carboxylic acids is 1. The molecular formula is C23H18FN3O2. The van der Waals surface area contributed by atoms with Crippen LogP contribution in [0.1, 0.15) is 21.6 Å². The van der Waals surface area contributed by atoms with E-state index in [1.165, 1.54) is 10.6 Å². The second-order valence-corrected chi connectivity index (χ2v) is 6.74. The summed E-state index contributed by atoms with van der Waals surface area (Å²) in [5.41, 5.74) is 2.10. The maximum atomic E-state index is 13.8. The summed E-state index contributed by atoms with van der Waals surface area (Å²) >= 11 is 0. The molecule has 0 bridgehead atoms. The van der Waals surface area contributed by atoms with Crippen LogP contribution in [0.5, 0.6) is 0 Å². The largest absolute Gasteiger partial charge is 0.320 e. The molecule has 6 heteroatoms. The first kappa shape index (κ1) is 18.6. The van der Waals surface area contributed by atoms with Crippen LogP contribution in [0.4, 0.5) is 10.1 Å². The lowest BCUT2D eigenvalue weighted by Crippen LogP contribution is -2.31. The number of aryl methyl sites for hydroxylation is 1. The van der Waals surface area contributed by atoms with Gasteiger partial charge in [-0.05, 0) is 42.3 Å². The predicted molar refractivity (Wildman–Crippen MR) is 111 cm³/mol. The summed E-state index contributed by atoms with van der Waals surface area (Å²) in [6.07, 6.45) is 0. The van der Waals surface area contributed by atoms with E-state index in [2.05, 4.69) is 10.3 Å². The van der Waals surface area contributed by atoms with Gasteiger partial charge in [0.05, 0.1) is 17.6 Å². The van der Waals surface area contributed by atoms with Gasteiger partial charge in [-0.15, -0.1) is 0 Å². The zero-order valence-corrected chi connectivity index (χ0v) is 15.7. The van der Waals surface area contributed by atoms with Gasteiger partial charge in [-0.2, -0.15) is 0 Å². The highest BCUT2D eigenvalue weighted by Gasteiger charge is 2.18. The van der Waals surface area contributed by atoms with Gasteiger partial charge in [-0.1, -0.05) is 48.5 Å². The van der Waals surface area contributed by atoms with Gasteiger partial charge in [-0.3, -0.25) is 9.59 Å². The normalized spacial score (nSPS) is 10.8. The first-order chi connectivity index (χ1) is 14.0. The number of anilines is 1. The number of nitrogens with zero attached hydrogens (tertiary/aromatic N) is 2. The minimum atomic E-state index is -0.675. The quantitative estimate of drug-likeness (QED) is 0.572. The van der Waals surface area contributed by atoms with Gasteiger partial charge in [0.2, 0.25) is 0 Å². The first-order valence-electron chi connectivity index (χ1n) is 9.14. The fraction of sp³-hybridized carbons (Fsp3) is 0.0870. The summed E-state index contributed by atoms with van der Waals surface area (Å²) in [5, 5.41) is 2.57. The summed E-state index contributed by atoms with van der Waals surface area (Å²) < 4.78 is 15.3. The molecule has 0 saturated carbocycles. The van der Waals surface area contributed by atoms with Crippen LogP contribution < -0.4 is 10.9 Å². The Morgan fingerprint density at radius 3 is 2.52 bits per heavy atom. The third kappa shape index (κ3) is 3.78. The van der Waals surface area contributed by atoms with E-state index in [1.54, 1.807) is 37.3 Å². The van der Waals surface area contributed by atoms with Crippen molar-refractivity contribution in [3.05, 3.63) is 106 Å².